The summed E-state index contributed by atoms with van der Waals surface area (Å²) >= 11 is 8.95. The maximum absolute atomic E-state index is 12.0. The van der Waals surface area contributed by atoms with Crippen molar-refractivity contribution in [3.8, 4) is 0 Å². The Balaban J connectivity index is 3.24. The van der Waals surface area contributed by atoms with Gasteiger partial charge in [-0.15, -0.1) is 11.6 Å². The molecular weight excluding hydrogens is 319 g/mol. The van der Waals surface area contributed by atoms with Crippen molar-refractivity contribution in [2.45, 2.75) is 24.6 Å². The molecule has 1 aromatic rings. The highest BCUT2D eigenvalue weighted by Gasteiger charge is 2.21. The van der Waals surface area contributed by atoms with E-state index >= 15 is 0 Å². The first-order valence-electron chi connectivity index (χ1n) is 5.55. The second kappa shape index (κ2) is 6.90. The Hall–Kier alpha value is -0.870. The summed E-state index contributed by atoms with van der Waals surface area (Å²) in [4.78, 5) is 23.4. The Morgan fingerprint density at radius 1 is 1.39 bits per heavy atom. The summed E-state index contributed by atoms with van der Waals surface area (Å²) in [5.74, 6) is -0.361. The van der Waals surface area contributed by atoms with Crippen LogP contribution in [0, 0.1) is 0 Å². The van der Waals surface area contributed by atoms with Gasteiger partial charge in [0, 0.05) is 11.4 Å². The lowest BCUT2D eigenvalue weighted by molar-refractivity contribution is 0.0523. The fourth-order valence-electron chi connectivity index (χ4n) is 1.48. The van der Waals surface area contributed by atoms with Crippen LogP contribution in [0.1, 0.15) is 40.1 Å². The summed E-state index contributed by atoms with van der Waals surface area (Å²) in [6.45, 7) is 3.71. The minimum atomic E-state index is -0.491. The van der Waals surface area contributed by atoms with Crippen molar-refractivity contribution in [1.29, 1.82) is 0 Å². The first-order valence-corrected chi connectivity index (χ1v) is 7.00. The summed E-state index contributed by atoms with van der Waals surface area (Å²) in [6.07, 6.45) is 0. The zero-order valence-corrected chi connectivity index (χ0v) is 12.5. The van der Waals surface area contributed by atoms with Crippen LogP contribution in [0.5, 0.6) is 0 Å². The van der Waals surface area contributed by atoms with Crippen LogP contribution in [0.25, 0.3) is 0 Å². The van der Waals surface area contributed by atoms with Crippen LogP contribution in [0.15, 0.2) is 18.2 Å². The van der Waals surface area contributed by atoms with Gasteiger partial charge in [-0.2, -0.15) is 0 Å². The van der Waals surface area contributed by atoms with E-state index in [0.29, 0.717) is 11.4 Å². The fraction of sp³-hybridized carbons (Fsp3) is 0.385. The molecule has 18 heavy (non-hydrogen) atoms. The van der Waals surface area contributed by atoms with Crippen molar-refractivity contribution in [2.24, 2.45) is 0 Å². The van der Waals surface area contributed by atoms with Crippen LogP contribution in [0.4, 0.5) is 0 Å². The van der Waals surface area contributed by atoms with Gasteiger partial charge in [0.1, 0.15) is 0 Å². The van der Waals surface area contributed by atoms with Gasteiger partial charge in [-0.05, 0) is 31.5 Å². The Kier molecular flexibility index (Phi) is 5.82. The number of Topliss-reactive ketones (excluding diaryl/α,β-unsaturated/α-hetero) is 1. The van der Waals surface area contributed by atoms with Crippen LogP contribution >= 0.6 is 27.5 Å². The SMILES string of the molecule is CCOC(=O)c1ccc(CCl)cc1C(=O)C(C)Br. The lowest BCUT2D eigenvalue weighted by Gasteiger charge is -2.10. The highest BCUT2D eigenvalue weighted by Crippen LogP contribution is 2.19. The number of rotatable bonds is 5. The van der Waals surface area contributed by atoms with E-state index < -0.39 is 5.97 Å². The molecule has 1 atom stereocenters. The minimum absolute atomic E-state index is 0.162. The fourth-order valence-corrected chi connectivity index (χ4v) is 1.89. The molecule has 0 aliphatic heterocycles. The molecule has 1 rings (SSSR count). The van der Waals surface area contributed by atoms with Gasteiger partial charge in [-0.3, -0.25) is 4.79 Å². The largest absolute Gasteiger partial charge is 0.462 e. The lowest BCUT2D eigenvalue weighted by atomic mass is 9.99. The predicted molar refractivity (Wildman–Crippen MR) is 74.7 cm³/mol. The molecule has 0 aliphatic carbocycles. The molecule has 0 saturated carbocycles. The summed E-state index contributed by atoms with van der Waals surface area (Å²) in [5, 5.41) is 0. The molecule has 1 unspecified atom stereocenters. The zero-order valence-electron chi connectivity index (χ0n) is 10.2. The van der Waals surface area contributed by atoms with Crippen LogP contribution < -0.4 is 0 Å². The van der Waals surface area contributed by atoms with Crippen molar-refractivity contribution < 1.29 is 14.3 Å². The van der Waals surface area contributed by atoms with E-state index in [9.17, 15) is 9.59 Å². The molecule has 0 N–H and O–H groups in total. The van der Waals surface area contributed by atoms with Gasteiger partial charge in [0.25, 0.3) is 0 Å². The Morgan fingerprint density at radius 3 is 2.56 bits per heavy atom. The number of carbonyl (C=O) groups excluding carboxylic acids is 2. The lowest BCUT2D eigenvalue weighted by Crippen LogP contribution is -2.17. The van der Waals surface area contributed by atoms with E-state index in [1.54, 1.807) is 32.0 Å². The number of benzene rings is 1. The average Bonchev–Trinajstić information content (AvgIpc) is 2.37. The average molecular weight is 334 g/mol. The number of halogens is 2. The summed E-state index contributed by atoms with van der Waals surface area (Å²) in [7, 11) is 0. The number of hydrogen-bond acceptors (Lipinski definition) is 3. The first kappa shape index (κ1) is 15.2. The minimum Gasteiger partial charge on any atom is -0.462 e. The van der Waals surface area contributed by atoms with Gasteiger partial charge in [-0.25, -0.2) is 4.79 Å². The quantitative estimate of drug-likeness (QED) is 0.470. The van der Waals surface area contributed by atoms with Crippen LogP contribution in [0.2, 0.25) is 0 Å². The number of alkyl halides is 2. The van der Waals surface area contributed by atoms with E-state index in [2.05, 4.69) is 15.9 Å². The van der Waals surface area contributed by atoms with Crippen molar-refractivity contribution in [2.75, 3.05) is 6.61 Å². The highest BCUT2D eigenvalue weighted by molar-refractivity contribution is 9.10. The Labute approximate surface area is 120 Å². The van der Waals surface area contributed by atoms with Crippen LogP contribution in [-0.2, 0) is 10.6 Å². The van der Waals surface area contributed by atoms with E-state index in [-0.39, 0.29) is 22.8 Å². The van der Waals surface area contributed by atoms with Crippen molar-refractivity contribution >= 4 is 39.3 Å². The maximum atomic E-state index is 12.0. The first-order chi connectivity index (χ1) is 8.51. The molecule has 5 heteroatoms. The van der Waals surface area contributed by atoms with Crippen LogP contribution in [-0.4, -0.2) is 23.2 Å². The third kappa shape index (κ3) is 3.56. The topological polar surface area (TPSA) is 43.4 Å². The maximum Gasteiger partial charge on any atom is 0.338 e. The van der Waals surface area contributed by atoms with Crippen molar-refractivity contribution in [3.05, 3.63) is 34.9 Å². The Bertz CT molecular complexity index is 458. The normalized spacial score (nSPS) is 12.0. The number of ether oxygens (including phenoxy) is 1. The van der Waals surface area contributed by atoms with E-state index in [4.69, 9.17) is 16.3 Å². The Morgan fingerprint density at radius 2 is 2.06 bits per heavy atom. The molecule has 0 fully saturated rings. The molecule has 1 aromatic carbocycles. The van der Waals surface area contributed by atoms with Gasteiger partial charge in [0.05, 0.1) is 17.0 Å². The molecule has 0 bridgehead atoms. The smallest absolute Gasteiger partial charge is 0.338 e. The summed E-state index contributed by atoms with van der Waals surface area (Å²) in [6, 6.07) is 4.94. The second-order valence-electron chi connectivity index (χ2n) is 3.71. The molecule has 0 aromatic heterocycles. The van der Waals surface area contributed by atoms with Crippen LogP contribution in [0.3, 0.4) is 0 Å². The monoisotopic (exact) mass is 332 g/mol. The van der Waals surface area contributed by atoms with Gasteiger partial charge in [0.15, 0.2) is 5.78 Å². The summed E-state index contributed by atoms with van der Waals surface area (Å²) < 4.78 is 4.93. The molecule has 0 heterocycles. The molecule has 0 radical (unpaired) electrons. The predicted octanol–water partition coefficient (Wildman–Crippen LogP) is 3.57. The molecule has 0 aliphatic rings. The molecule has 0 spiro atoms. The van der Waals surface area contributed by atoms with Crippen molar-refractivity contribution in [1.82, 2.24) is 0 Å². The van der Waals surface area contributed by atoms with Gasteiger partial charge in [-0.1, -0.05) is 22.0 Å². The molecule has 98 valence electrons. The summed E-state index contributed by atoms with van der Waals surface area (Å²) in [5.41, 5.74) is 1.42. The number of hydrogen-bond donors (Lipinski definition) is 0. The molecule has 0 saturated heterocycles. The van der Waals surface area contributed by atoms with E-state index in [0.717, 1.165) is 5.56 Å². The second-order valence-corrected chi connectivity index (χ2v) is 5.36. The highest BCUT2D eigenvalue weighted by atomic mass is 79.9. The molecular formula is C13H14BrClO3. The molecule has 3 nitrogen and oxygen atoms in total. The number of esters is 1. The standard InChI is InChI=1S/C13H14BrClO3/c1-3-18-13(17)10-5-4-9(7-15)6-11(10)12(16)8(2)14/h4-6,8H,3,7H2,1-2H3. The number of carbonyl (C=O) groups is 2. The van der Waals surface area contributed by atoms with E-state index in [1.807, 2.05) is 0 Å². The van der Waals surface area contributed by atoms with Gasteiger partial charge in [0.2, 0.25) is 0 Å². The molecule has 0 amide bonds. The number of ketones is 1. The van der Waals surface area contributed by atoms with E-state index in [1.165, 1.54) is 0 Å². The van der Waals surface area contributed by atoms with Gasteiger partial charge >= 0.3 is 5.97 Å². The third-order valence-electron chi connectivity index (χ3n) is 2.36. The third-order valence-corrected chi connectivity index (χ3v) is 3.08. The van der Waals surface area contributed by atoms with Gasteiger partial charge < -0.3 is 4.74 Å². The van der Waals surface area contributed by atoms with Crippen molar-refractivity contribution in [3.63, 3.8) is 0 Å². The zero-order chi connectivity index (χ0) is 13.7.